The maximum atomic E-state index is 12.3. The van der Waals surface area contributed by atoms with Crippen LogP contribution in [0, 0.1) is 0 Å². The number of aryl methyl sites for hydroxylation is 1. The summed E-state index contributed by atoms with van der Waals surface area (Å²) in [6.45, 7) is 4.11. The Bertz CT molecular complexity index is 664. The number of aliphatic hydroxyl groups is 1. The van der Waals surface area contributed by atoms with Crippen LogP contribution >= 0.6 is 11.6 Å². The van der Waals surface area contributed by atoms with E-state index in [0.717, 1.165) is 5.52 Å². The zero-order valence-electron chi connectivity index (χ0n) is 10.5. The highest BCUT2D eigenvalue weighted by molar-refractivity contribution is 6.31. The van der Waals surface area contributed by atoms with E-state index >= 15 is 0 Å². The lowest BCUT2D eigenvalue weighted by atomic mass is 10.2. The number of fused-ring (bicyclic) bond motifs is 1. The first-order valence-corrected chi connectivity index (χ1v) is 6.46. The lowest BCUT2D eigenvalue weighted by molar-refractivity contribution is 0.288. The van der Waals surface area contributed by atoms with E-state index in [1.165, 1.54) is 0 Å². The molecule has 0 aliphatic rings. The van der Waals surface area contributed by atoms with Crippen molar-refractivity contribution in [2.45, 2.75) is 19.4 Å². The Morgan fingerprint density at radius 1 is 1.47 bits per heavy atom. The zero-order chi connectivity index (χ0) is 13.8. The second-order valence-corrected chi connectivity index (χ2v) is 4.66. The topological polar surface area (TPSA) is 55.1 Å². The van der Waals surface area contributed by atoms with E-state index in [9.17, 15) is 4.79 Å². The Kier molecular flexibility index (Phi) is 4.35. The van der Waals surface area contributed by atoms with Crippen LogP contribution < -0.4 is 5.56 Å². The number of aromatic nitrogens is 2. The second-order valence-electron chi connectivity index (χ2n) is 4.22. The Balaban J connectivity index is 2.67. The van der Waals surface area contributed by atoms with Crippen LogP contribution in [0.25, 0.3) is 11.0 Å². The smallest absolute Gasteiger partial charge is 0.273 e. The molecule has 1 aromatic heterocycles. The van der Waals surface area contributed by atoms with Crippen molar-refractivity contribution in [1.29, 1.82) is 0 Å². The molecule has 2 rings (SSSR count). The molecule has 2 aromatic rings. The number of hydrogen-bond acceptors (Lipinski definition) is 3. The summed E-state index contributed by atoms with van der Waals surface area (Å²) in [5, 5.41) is 9.44. The van der Waals surface area contributed by atoms with Crippen LogP contribution in [0.2, 0.25) is 5.02 Å². The third kappa shape index (κ3) is 2.85. The molecule has 5 heteroatoms. The molecule has 0 spiro atoms. The number of aliphatic hydroxyl groups excluding tert-OH is 1. The van der Waals surface area contributed by atoms with Gasteiger partial charge in [-0.05, 0) is 31.0 Å². The Morgan fingerprint density at radius 3 is 2.95 bits per heavy atom. The summed E-state index contributed by atoms with van der Waals surface area (Å²) in [5.41, 5.74) is 1.73. The number of allylic oxidation sites excluding steroid dienone is 1. The minimum Gasteiger partial charge on any atom is -0.396 e. The van der Waals surface area contributed by atoms with E-state index in [0.29, 0.717) is 35.6 Å². The Hall–Kier alpha value is -1.65. The number of benzene rings is 1. The lowest BCUT2D eigenvalue weighted by Gasteiger charge is -2.10. The molecule has 1 heterocycles. The Morgan fingerprint density at radius 2 is 2.26 bits per heavy atom. The van der Waals surface area contributed by atoms with Crippen LogP contribution in [0.5, 0.6) is 0 Å². The lowest BCUT2D eigenvalue weighted by Crippen LogP contribution is -2.25. The quantitative estimate of drug-likeness (QED) is 0.853. The van der Waals surface area contributed by atoms with Gasteiger partial charge < -0.3 is 9.67 Å². The molecule has 1 aromatic carbocycles. The molecule has 0 saturated heterocycles. The van der Waals surface area contributed by atoms with Crippen LogP contribution in [-0.4, -0.2) is 21.3 Å². The highest BCUT2D eigenvalue weighted by Gasteiger charge is 2.10. The van der Waals surface area contributed by atoms with Crippen molar-refractivity contribution in [2.75, 3.05) is 6.61 Å². The molecule has 0 fully saturated rings. The molecule has 0 aliphatic heterocycles. The van der Waals surface area contributed by atoms with Crippen LogP contribution in [0.3, 0.4) is 0 Å². The molecule has 1 N–H and O–H groups in total. The van der Waals surface area contributed by atoms with Gasteiger partial charge in [-0.3, -0.25) is 4.79 Å². The second kappa shape index (κ2) is 5.99. The number of hydrogen-bond donors (Lipinski definition) is 1. The van der Waals surface area contributed by atoms with Crippen molar-refractivity contribution in [3.05, 3.63) is 51.9 Å². The first-order valence-electron chi connectivity index (χ1n) is 6.08. The molecule has 19 heavy (non-hydrogen) atoms. The molecule has 0 saturated carbocycles. The van der Waals surface area contributed by atoms with Crippen LogP contribution in [0.4, 0.5) is 0 Å². The first-order chi connectivity index (χ1) is 9.17. The molecule has 0 aliphatic carbocycles. The van der Waals surface area contributed by atoms with Gasteiger partial charge >= 0.3 is 0 Å². The van der Waals surface area contributed by atoms with E-state index in [2.05, 4.69) is 11.6 Å². The van der Waals surface area contributed by atoms with E-state index in [4.69, 9.17) is 16.7 Å². The molecule has 0 atom stereocenters. The summed E-state index contributed by atoms with van der Waals surface area (Å²) in [6.07, 6.45) is 2.65. The third-order valence-electron chi connectivity index (χ3n) is 2.86. The summed E-state index contributed by atoms with van der Waals surface area (Å²) < 4.78 is 1.61. The summed E-state index contributed by atoms with van der Waals surface area (Å²) >= 11 is 5.96. The average molecular weight is 279 g/mol. The van der Waals surface area contributed by atoms with Gasteiger partial charge in [0.05, 0.1) is 11.0 Å². The largest absolute Gasteiger partial charge is 0.396 e. The van der Waals surface area contributed by atoms with E-state index < -0.39 is 0 Å². The van der Waals surface area contributed by atoms with Gasteiger partial charge in [0.15, 0.2) is 0 Å². The van der Waals surface area contributed by atoms with E-state index in [-0.39, 0.29) is 12.2 Å². The minimum atomic E-state index is -0.150. The van der Waals surface area contributed by atoms with Crippen molar-refractivity contribution < 1.29 is 5.11 Å². The molecular weight excluding hydrogens is 264 g/mol. The fourth-order valence-corrected chi connectivity index (χ4v) is 2.15. The first kappa shape index (κ1) is 13.8. The summed E-state index contributed by atoms with van der Waals surface area (Å²) in [6, 6.07) is 5.26. The van der Waals surface area contributed by atoms with Crippen LogP contribution in [0.1, 0.15) is 12.1 Å². The summed E-state index contributed by atoms with van der Waals surface area (Å²) in [5.74, 6) is 0. The summed E-state index contributed by atoms with van der Waals surface area (Å²) in [7, 11) is 0. The average Bonchev–Trinajstić information content (AvgIpc) is 2.40. The van der Waals surface area contributed by atoms with E-state index in [1.54, 1.807) is 28.8 Å². The van der Waals surface area contributed by atoms with Crippen molar-refractivity contribution in [2.24, 2.45) is 0 Å². The van der Waals surface area contributed by atoms with E-state index in [1.807, 2.05) is 0 Å². The predicted molar refractivity (Wildman–Crippen MR) is 76.6 cm³/mol. The fraction of sp³-hybridized carbons (Fsp3) is 0.286. The number of rotatable bonds is 5. The molecule has 0 unspecified atom stereocenters. The maximum absolute atomic E-state index is 12.3. The van der Waals surface area contributed by atoms with Crippen molar-refractivity contribution in [3.8, 4) is 0 Å². The Labute approximate surface area is 116 Å². The van der Waals surface area contributed by atoms with Gasteiger partial charge in [0.25, 0.3) is 5.56 Å². The van der Waals surface area contributed by atoms with Crippen LogP contribution in [0.15, 0.2) is 35.6 Å². The molecule has 4 nitrogen and oxygen atoms in total. The molecule has 0 bridgehead atoms. The minimum absolute atomic E-state index is 0.0429. The fourth-order valence-electron chi connectivity index (χ4n) is 1.99. The van der Waals surface area contributed by atoms with Crippen LogP contribution in [-0.2, 0) is 13.0 Å². The normalized spacial score (nSPS) is 10.8. The standard InChI is InChI=1S/C14H15ClN2O2/c1-2-7-17-13-9-10(15)5-6-11(13)16-12(14(17)19)4-3-8-18/h2,5-6,9,18H,1,3-4,7-8H2. The molecule has 100 valence electrons. The molecular formula is C14H15ClN2O2. The monoisotopic (exact) mass is 278 g/mol. The molecule has 0 radical (unpaired) electrons. The maximum Gasteiger partial charge on any atom is 0.273 e. The van der Waals surface area contributed by atoms with Gasteiger partial charge in [0.1, 0.15) is 5.69 Å². The zero-order valence-corrected chi connectivity index (χ0v) is 11.2. The summed E-state index contributed by atoms with van der Waals surface area (Å²) in [4.78, 5) is 16.7. The van der Waals surface area contributed by atoms with Crippen molar-refractivity contribution in [3.63, 3.8) is 0 Å². The van der Waals surface area contributed by atoms with Gasteiger partial charge in [-0.1, -0.05) is 17.7 Å². The highest BCUT2D eigenvalue weighted by Crippen LogP contribution is 2.17. The predicted octanol–water partition coefficient (Wildman–Crippen LogP) is 2.16. The van der Waals surface area contributed by atoms with Crippen molar-refractivity contribution in [1.82, 2.24) is 9.55 Å². The van der Waals surface area contributed by atoms with Gasteiger partial charge in [-0.25, -0.2) is 4.98 Å². The van der Waals surface area contributed by atoms with Crippen molar-refractivity contribution >= 4 is 22.6 Å². The highest BCUT2D eigenvalue weighted by atomic mass is 35.5. The van der Waals surface area contributed by atoms with Gasteiger partial charge in [0, 0.05) is 18.2 Å². The SMILES string of the molecule is C=CCn1c(=O)c(CCCO)nc2ccc(Cl)cc21. The van der Waals surface area contributed by atoms with Gasteiger partial charge in [-0.2, -0.15) is 0 Å². The van der Waals surface area contributed by atoms with Gasteiger partial charge in [-0.15, -0.1) is 6.58 Å². The third-order valence-corrected chi connectivity index (χ3v) is 3.09. The van der Waals surface area contributed by atoms with Gasteiger partial charge in [0.2, 0.25) is 0 Å². The number of nitrogens with zero attached hydrogens (tertiary/aromatic N) is 2. The molecule has 0 amide bonds. The number of halogens is 1.